The van der Waals surface area contributed by atoms with Crippen molar-refractivity contribution in [3.63, 3.8) is 0 Å². The second-order valence-corrected chi connectivity index (χ2v) is 7.89. The van der Waals surface area contributed by atoms with E-state index in [9.17, 15) is 8.42 Å². The van der Waals surface area contributed by atoms with Gasteiger partial charge in [0.2, 0.25) is 0 Å². The molecule has 1 N–H and O–H groups in total. The Bertz CT molecular complexity index is 999. The largest absolute Gasteiger partial charge is 0.316 e. The van der Waals surface area contributed by atoms with Crippen LogP contribution in [0.5, 0.6) is 0 Å². The molecule has 0 unspecified atom stereocenters. The smallest absolute Gasteiger partial charge is 0.269 e. The third-order valence-corrected chi connectivity index (χ3v) is 5.73. The summed E-state index contributed by atoms with van der Waals surface area (Å²) in [6, 6.07) is 11.1. The van der Waals surface area contributed by atoms with Crippen molar-refractivity contribution in [2.75, 3.05) is 7.05 Å². The fourth-order valence-electron chi connectivity index (χ4n) is 2.91. The second-order valence-electron chi connectivity index (χ2n) is 6.07. The number of halogens is 1. The quantitative estimate of drug-likeness (QED) is 0.722. The monoisotopic (exact) mass is 391 g/mol. The van der Waals surface area contributed by atoms with Gasteiger partial charge in [0.25, 0.3) is 10.0 Å². The van der Waals surface area contributed by atoms with Crippen LogP contribution in [0.25, 0.3) is 11.3 Å². The van der Waals surface area contributed by atoms with E-state index in [1.165, 1.54) is 10.2 Å². The molecule has 1 aromatic carbocycles. The Morgan fingerprint density at radius 2 is 1.92 bits per heavy atom. The Morgan fingerprint density at radius 1 is 1.15 bits per heavy atom. The molecule has 2 aromatic heterocycles. The van der Waals surface area contributed by atoms with Crippen LogP contribution in [0.2, 0.25) is 0 Å². The summed E-state index contributed by atoms with van der Waals surface area (Å²) in [4.78, 5) is 4.12. The van der Waals surface area contributed by atoms with Gasteiger partial charge in [-0.05, 0) is 50.2 Å². The maximum Gasteiger partial charge on any atom is 0.269 e. The van der Waals surface area contributed by atoms with Gasteiger partial charge < -0.3 is 5.32 Å². The molecule has 0 aliphatic heterocycles. The zero-order valence-corrected chi connectivity index (χ0v) is 16.6. The Morgan fingerprint density at radius 3 is 2.54 bits per heavy atom. The number of nitrogens with zero attached hydrogens (tertiary/aromatic N) is 2. The van der Waals surface area contributed by atoms with E-state index >= 15 is 0 Å². The lowest BCUT2D eigenvalue weighted by atomic mass is 10.0. The number of aryl methyl sites for hydroxylation is 2. The summed E-state index contributed by atoms with van der Waals surface area (Å²) in [5.74, 6) is 0. The fraction of sp³-hybridized carbons (Fsp3) is 0.211. The zero-order valence-electron chi connectivity index (χ0n) is 14.9. The average Bonchev–Trinajstić information content (AvgIpc) is 3.00. The van der Waals surface area contributed by atoms with Gasteiger partial charge in [0.05, 0.1) is 5.69 Å². The van der Waals surface area contributed by atoms with Crippen molar-refractivity contribution in [3.05, 3.63) is 71.7 Å². The molecular weight excluding hydrogens is 370 g/mol. The Labute approximate surface area is 160 Å². The maximum absolute atomic E-state index is 13.1. The van der Waals surface area contributed by atoms with Gasteiger partial charge in [-0.15, -0.1) is 12.4 Å². The van der Waals surface area contributed by atoms with Crippen LogP contribution < -0.4 is 5.32 Å². The zero-order chi connectivity index (χ0) is 18.0. The molecule has 0 amide bonds. The third-order valence-electron chi connectivity index (χ3n) is 4.07. The molecule has 0 fully saturated rings. The molecule has 0 bridgehead atoms. The molecule has 3 rings (SSSR count). The van der Waals surface area contributed by atoms with Crippen molar-refractivity contribution in [2.45, 2.75) is 25.3 Å². The molecule has 5 nitrogen and oxygen atoms in total. The second kappa shape index (κ2) is 8.03. The van der Waals surface area contributed by atoms with E-state index in [1.807, 2.05) is 39.1 Å². The Balaban J connectivity index is 0.00000243. The lowest BCUT2D eigenvalue weighted by Crippen LogP contribution is -2.14. The standard InChI is InChI=1S/C19H21N3O2S.ClH/c1-14-6-7-18(15(2)9-14)19-10-16(11-20-3)13-22(19)25(23,24)17-5-4-8-21-12-17;/h4-10,12-13,20H,11H2,1-3H3;1H. The molecule has 138 valence electrons. The van der Waals surface area contributed by atoms with Gasteiger partial charge >= 0.3 is 0 Å². The SMILES string of the molecule is CNCc1cc(-c2ccc(C)cc2C)n(S(=O)(=O)c2cccnc2)c1.Cl. The van der Waals surface area contributed by atoms with E-state index in [0.29, 0.717) is 12.2 Å². The predicted octanol–water partition coefficient (Wildman–Crippen LogP) is 3.55. The molecule has 2 heterocycles. The van der Waals surface area contributed by atoms with Crippen LogP contribution in [0.1, 0.15) is 16.7 Å². The highest BCUT2D eigenvalue weighted by molar-refractivity contribution is 7.90. The van der Waals surface area contributed by atoms with Crippen LogP contribution in [-0.2, 0) is 16.6 Å². The van der Waals surface area contributed by atoms with Crippen LogP contribution >= 0.6 is 12.4 Å². The van der Waals surface area contributed by atoms with E-state index in [2.05, 4.69) is 16.4 Å². The van der Waals surface area contributed by atoms with Crippen LogP contribution in [0.3, 0.4) is 0 Å². The molecule has 0 saturated carbocycles. The van der Waals surface area contributed by atoms with Gasteiger partial charge in [-0.3, -0.25) is 4.98 Å². The summed E-state index contributed by atoms with van der Waals surface area (Å²) in [6.07, 6.45) is 4.61. The number of benzene rings is 1. The number of nitrogens with one attached hydrogen (secondary N) is 1. The first kappa shape index (κ1) is 20.2. The molecule has 0 spiro atoms. The number of aromatic nitrogens is 2. The van der Waals surface area contributed by atoms with Crippen LogP contribution in [0, 0.1) is 13.8 Å². The fourth-order valence-corrected chi connectivity index (χ4v) is 4.26. The van der Waals surface area contributed by atoms with Gasteiger partial charge in [0, 0.05) is 30.7 Å². The highest BCUT2D eigenvalue weighted by atomic mass is 35.5. The first-order valence-electron chi connectivity index (χ1n) is 8.02. The summed E-state index contributed by atoms with van der Waals surface area (Å²) in [7, 11) is -1.88. The van der Waals surface area contributed by atoms with Crippen molar-refractivity contribution in [1.82, 2.24) is 14.3 Å². The van der Waals surface area contributed by atoms with Crippen molar-refractivity contribution >= 4 is 22.4 Å². The minimum atomic E-state index is -3.72. The molecule has 0 radical (unpaired) electrons. The molecule has 0 saturated heterocycles. The Kier molecular flexibility index (Phi) is 6.23. The molecule has 0 aliphatic carbocycles. The van der Waals surface area contributed by atoms with E-state index in [4.69, 9.17) is 0 Å². The molecule has 0 aliphatic rings. The van der Waals surface area contributed by atoms with Crippen molar-refractivity contribution in [3.8, 4) is 11.3 Å². The van der Waals surface area contributed by atoms with Crippen molar-refractivity contribution < 1.29 is 8.42 Å². The van der Waals surface area contributed by atoms with Gasteiger partial charge in [0.1, 0.15) is 4.90 Å². The molecule has 0 atom stereocenters. The summed E-state index contributed by atoms with van der Waals surface area (Å²) < 4.78 is 27.6. The lowest BCUT2D eigenvalue weighted by molar-refractivity contribution is 0.587. The molecule has 26 heavy (non-hydrogen) atoms. The van der Waals surface area contributed by atoms with Crippen LogP contribution in [0.15, 0.2) is 59.9 Å². The van der Waals surface area contributed by atoms with Gasteiger partial charge in [-0.1, -0.05) is 23.8 Å². The molecular formula is C19H22ClN3O2S. The van der Waals surface area contributed by atoms with Crippen LogP contribution in [0.4, 0.5) is 0 Å². The minimum absolute atomic E-state index is 0. The highest BCUT2D eigenvalue weighted by Gasteiger charge is 2.22. The van der Waals surface area contributed by atoms with E-state index in [0.717, 1.165) is 22.3 Å². The normalized spacial score (nSPS) is 11.2. The summed E-state index contributed by atoms with van der Waals surface area (Å²) in [5, 5.41) is 3.07. The van der Waals surface area contributed by atoms with Gasteiger partial charge in [-0.2, -0.15) is 0 Å². The highest BCUT2D eigenvalue weighted by Crippen LogP contribution is 2.29. The minimum Gasteiger partial charge on any atom is -0.316 e. The topological polar surface area (TPSA) is 64.0 Å². The van der Waals surface area contributed by atoms with Crippen LogP contribution in [-0.4, -0.2) is 24.4 Å². The summed E-state index contributed by atoms with van der Waals surface area (Å²) in [5.41, 5.74) is 4.65. The predicted molar refractivity (Wildman–Crippen MR) is 106 cm³/mol. The van der Waals surface area contributed by atoms with Crippen molar-refractivity contribution in [2.24, 2.45) is 0 Å². The van der Waals surface area contributed by atoms with E-state index < -0.39 is 10.0 Å². The average molecular weight is 392 g/mol. The number of hydrogen-bond acceptors (Lipinski definition) is 4. The summed E-state index contributed by atoms with van der Waals surface area (Å²) >= 11 is 0. The van der Waals surface area contributed by atoms with Gasteiger partial charge in [-0.25, -0.2) is 12.4 Å². The third kappa shape index (κ3) is 3.82. The maximum atomic E-state index is 13.1. The van der Waals surface area contributed by atoms with Gasteiger partial charge in [0.15, 0.2) is 0 Å². The lowest BCUT2D eigenvalue weighted by Gasteiger charge is -2.12. The number of pyridine rings is 1. The van der Waals surface area contributed by atoms with Crippen molar-refractivity contribution in [1.29, 1.82) is 0 Å². The first-order chi connectivity index (χ1) is 11.9. The van der Waals surface area contributed by atoms with E-state index in [-0.39, 0.29) is 17.3 Å². The number of hydrogen-bond donors (Lipinski definition) is 1. The molecule has 3 aromatic rings. The summed E-state index contributed by atoms with van der Waals surface area (Å²) in [6.45, 7) is 4.61. The van der Waals surface area contributed by atoms with E-state index in [1.54, 1.807) is 24.5 Å². The number of rotatable bonds is 5. The Hall–Kier alpha value is -2.15. The molecule has 7 heteroatoms. The first-order valence-corrected chi connectivity index (χ1v) is 9.46.